The number of nitrogens with two attached hydrogens (primary N) is 1. The molecule has 2 heterocycles. The van der Waals surface area contributed by atoms with Gasteiger partial charge in [-0.2, -0.15) is 0 Å². The van der Waals surface area contributed by atoms with Gasteiger partial charge in [-0.25, -0.2) is 4.98 Å². The van der Waals surface area contributed by atoms with Gasteiger partial charge < -0.3 is 10.5 Å². The van der Waals surface area contributed by atoms with E-state index in [1.165, 1.54) is 11.1 Å². The summed E-state index contributed by atoms with van der Waals surface area (Å²) in [6.45, 7) is 1.40. The molecular formula is C12H11N3O. The zero-order valence-corrected chi connectivity index (χ0v) is 8.68. The van der Waals surface area contributed by atoms with Crippen LogP contribution in [0.15, 0.2) is 30.6 Å². The first-order valence-corrected chi connectivity index (χ1v) is 5.10. The maximum absolute atomic E-state index is 5.50. The van der Waals surface area contributed by atoms with E-state index < -0.39 is 0 Å². The number of anilines is 1. The second kappa shape index (κ2) is 3.57. The SMILES string of the molecule is Nc1cnc(-c2ccc3c(c2)COC3)cn1. The molecule has 0 saturated carbocycles. The molecule has 0 atom stereocenters. The number of fused-ring (bicyclic) bond motifs is 1. The van der Waals surface area contributed by atoms with Crippen LogP contribution in [0.5, 0.6) is 0 Å². The van der Waals surface area contributed by atoms with Crippen LogP contribution >= 0.6 is 0 Å². The lowest BCUT2D eigenvalue weighted by atomic mass is 10.0. The molecule has 0 aliphatic carbocycles. The van der Waals surface area contributed by atoms with Gasteiger partial charge in [0.05, 0.1) is 31.3 Å². The number of ether oxygens (including phenoxy) is 1. The third-order valence-corrected chi connectivity index (χ3v) is 2.69. The second-order valence-corrected chi connectivity index (χ2v) is 3.80. The molecule has 2 N–H and O–H groups in total. The average Bonchev–Trinajstić information content (AvgIpc) is 2.77. The van der Waals surface area contributed by atoms with Crippen molar-refractivity contribution in [3.05, 3.63) is 41.7 Å². The Labute approximate surface area is 93.1 Å². The Morgan fingerprint density at radius 1 is 1.06 bits per heavy atom. The highest BCUT2D eigenvalue weighted by atomic mass is 16.5. The van der Waals surface area contributed by atoms with Gasteiger partial charge in [-0.3, -0.25) is 4.98 Å². The van der Waals surface area contributed by atoms with Crippen LogP contribution in [-0.2, 0) is 18.0 Å². The van der Waals surface area contributed by atoms with Crippen LogP contribution in [0.25, 0.3) is 11.3 Å². The van der Waals surface area contributed by atoms with Gasteiger partial charge in [0.25, 0.3) is 0 Å². The average molecular weight is 213 g/mol. The van der Waals surface area contributed by atoms with E-state index in [9.17, 15) is 0 Å². The molecule has 3 rings (SSSR count). The van der Waals surface area contributed by atoms with Crippen molar-refractivity contribution in [1.82, 2.24) is 9.97 Å². The Balaban J connectivity index is 2.03. The molecule has 0 saturated heterocycles. The van der Waals surface area contributed by atoms with Crippen molar-refractivity contribution in [3.8, 4) is 11.3 Å². The molecule has 0 unspecified atom stereocenters. The van der Waals surface area contributed by atoms with Crippen LogP contribution in [0.4, 0.5) is 5.82 Å². The van der Waals surface area contributed by atoms with Gasteiger partial charge in [0, 0.05) is 5.56 Å². The molecule has 1 aliphatic heterocycles. The van der Waals surface area contributed by atoms with E-state index in [4.69, 9.17) is 10.5 Å². The third-order valence-electron chi connectivity index (χ3n) is 2.69. The normalized spacial score (nSPS) is 13.8. The molecule has 16 heavy (non-hydrogen) atoms. The minimum Gasteiger partial charge on any atom is -0.382 e. The molecule has 1 aliphatic rings. The topological polar surface area (TPSA) is 61.0 Å². The number of hydrogen-bond donors (Lipinski definition) is 1. The Bertz CT molecular complexity index is 522. The summed E-state index contributed by atoms with van der Waals surface area (Å²) in [4.78, 5) is 8.28. The van der Waals surface area contributed by atoms with Crippen LogP contribution in [0.3, 0.4) is 0 Å². The van der Waals surface area contributed by atoms with Crippen molar-refractivity contribution in [3.63, 3.8) is 0 Å². The predicted molar refractivity (Wildman–Crippen MR) is 60.4 cm³/mol. The van der Waals surface area contributed by atoms with Crippen LogP contribution < -0.4 is 5.73 Å². The molecule has 4 nitrogen and oxygen atoms in total. The van der Waals surface area contributed by atoms with Crippen molar-refractivity contribution in [2.75, 3.05) is 5.73 Å². The maximum atomic E-state index is 5.50. The first kappa shape index (κ1) is 9.30. The number of rotatable bonds is 1. The van der Waals surface area contributed by atoms with Gasteiger partial charge in [-0.1, -0.05) is 12.1 Å². The Morgan fingerprint density at radius 3 is 2.75 bits per heavy atom. The first-order valence-electron chi connectivity index (χ1n) is 5.10. The molecule has 2 aromatic rings. The number of nitrogens with zero attached hydrogens (tertiary/aromatic N) is 2. The summed E-state index contributed by atoms with van der Waals surface area (Å²) in [5.41, 5.74) is 9.88. The monoisotopic (exact) mass is 213 g/mol. The lowest BCUT2D eigenvalue weighted by Crippen LogP contribution is -1.93. The van der Waals surface area contributed by atoms with E-state index in [1.54, 1.807) is 12.4 Å². The van der Waals surface area contributed by atoms with Crippen molar-refractivity contribution in [2.24, 2.45) is 0 Å². The zero-order valence-electron chi connectivity index (χ0n) is 8.68. The lowest BCUT2D eigenvalue weighted by molar-refractivity contribution is 0.134. The van der Waals surface area contributed by atoms with Gasteiger partial charge in [-0.05, 0) is 17.2 Å². The van der Waals surface area contributed by atoms with Gasteiger partial charge >= 0.3 is 0 Å². The molecular weight excluding hydrogens is 202 g/mol. The molecule has 0 bridgehead atoms. The molecule has 4 heteroatoms. The summed E-state index contributed by atoms with van der Waals surface area (Å²) < 4.78 is 5.37. The van der Waals surface area contributed by atoms with Gasteiger partial charge in [0.15, 0.2) is 0 Å². The van der Waals surface area contributed by atoms with Crippen molar-refractivity contribution in [1.29, 1.82) is 0 Å². The van der Waals surface area contributed by atoms with Gasteiger partial charge in [-0.15, -0.1) is 0 Å². The standard InChI is InChI=1S/C12H11N3O/c13-12-5-14-11(4-15-12)8-1-2-9-6-16-7-10(9)3-8/h1-5H,6-7H2,(H2,13,15). The third kappa shape index (κ3) is 1.53. The first-order chi connectivity index (χ1) is 7.83. The lowest BCUT2D eigenvalue weighted by Gasteiger charge is -2.03. The van der Waals surface area contributed by atoms with E-state index in [2.05, 4.69) is 22.1 Å². The second-order valence-electron chi connectivity index (χ2n) is 3.80. The number of benzene rings is 1. The summed E-state index contributed by atoms with van der Waals surface area (Å²) in [5.74, 6) is 0.438. The summed E-state index contributed by atoms with van der Waals surface area (Å²) in [7, 11) is 0. The van der Waals surface area contributed by atoms with E-state index in [1.807, 2.05) is 6.07 Å². The van der Waals surface area contributed by atoms with Crippen molar-refractivity contribution >= 4 is 5.82 Å². The van der Waals surface area contributed by atoms with E-state index >= 15 is 0 Å². The highest BCUT2D eigenvalue weighted by Crippen LogP contribution is 2.25. The summed E-state index contributed by atoms with van der Waals surface area (Å²) in [6, 6.07) is 6.21. The maximum Gasteiger partial charge on any atom is 0.141 e. The number of hydrogen-bond acceptors (Lipinski definition) is 4. The van der Waals surface area contributed by atoms with Crippen LogP contribution in [0.1, 0.15) is 11.1 Å². The minimum atomic E-state index is 0.438. The van der Waals surface area contributed by atoms with Crippen LogP contribution in [0.2, 0.25) is 0 Å². The fourth-order valence-corrected chi connectivity index (χ4v) is 1.82. The minimum absolute atomic E-state index is 0.438. The Hall–Kier alpha value is -1.94. The molecule has 0 radical (unpaired) electrons. The molecule has 80 valence electrons. The molecule has 1 aromatic heterocycles. The van der Waals surface area contributed by atoms with Gasteiger partial charge in [0.1, 0.15) is 5.82 Å². The predicted octanol–water partition coefficient (Wildman–Crippen LogP) is 1.76. The molecule has 0 fully saturated rings. The van der Waals surface area contributed by atoms with E-state index in [-0.39, 0.29) is 0 Å². The van der Waals surface area contributed by atoms with Crippen LogP contribution in [0, 0.1) is 0 Å². The highest BCUT2D eigenvalue weighted by Gasteiger charge is 2.12. The smallest absolute Gasteiger partial charge is 0.141 e. The fraction of sp³-hybridized carbons (Fsp3) is 0.167. The van der Waals surface area contributed by atoms with Crippen molar-refractivity contribution in [2.45, 2.75) is 13.2 Å². The van der Waals surface area contributed by atoms with E-state index in [0.717, 1.165) is 11.3 Å². The molecule has 0 spiro atoms. The number of aromatic nitrogens is 2. The number of nitrogen functional groups attached to an aromatic ring is 1. The molecule has 0 amide bonds. The Morgan fingerprint density at radius 2 is 1.94 bits per heavy atom. The quantitative estimate of drug-likeness (QED) is 0.784. The zero-order chi connectivity index (χ0) is 11.0. The highest BCUT2D eigenvalue weighted by molar-refractivity contribution is 5.60. The van der Waals surface area contributed by atoms with Gasteiger partial charge in [0.2, 0.25) is 0 Å². The fourth-order valence-electron chi connectivity index (χ4n) is 1.82. The largest absolute Gasteiger partial charge is 0.382 e. The summed E-state index contributed by atoms with van der Waals surface area (Å²) >= 11 is 0. The Kier molecular flexibility index (Phi) is 2.08. The van der Waals surface area contributed by atoms with Crippen molar-refractivity contribution < 1.29 is 4.74 Å². The van der Waals surface area contributed by atoms with E-state index in [0.29, 0.717) is 19.0 Å². The van der Waals surface area contributed by atoms with Crippen LogP contribution in [-0.4, -0.2) is 9.97 Å². The molecule has 1 aromatic carbocycles. The summed E-state index contributed by atoms with van der Waals surface area (Å²) in [5, 5.41) is 0. The summed E-state index contributed by atoms with van der Waals surface area (Å²) in [6.07, 6.45) is 3.26.